The molecule has 566 valence electrons. The lowest BCUT2D eigenvalue weighted by Crippen LogP contribution is -2.60. The number of allylic oxidation sites excluding steroid dienone is 1. The Labute approximate surface area is 595 Å². The summed E-state index contributed by atoms with van der Waals surface area (Å²) in [5.74, 6) is -11.3. The van der Waals surface area contributed by atoms with Crippen LogP contribution < -0.4 is 77.4 Å². The first-order valence-electron chi connectivity index (χ1n) is 34.0. The predicted octanol–water partition coefficient (Wildman–Crippen LogP) is -3.61. The fraction of sp³-hybridized carbons (Fsp3) is 0.582. The molecule has 102 heavy (non-hydrogen) atoms. The van der Waals surface area contributed by atoms with E-state index in [1.807, 2.05) is 0 Å². The highest BCUT2D eigenvalue weighted by molar-refractivity contribution is 7.90. The highest BCUT2D eigenvalue weighted by Gasteiger charge is 2.43. The Morgan fingerprint density at radius 3 is 1.53 bits per heavy atom. The van der Waals surface area contributed by atoms with E-state index >= 15 is 0 Å². The third kappa shape index (κ3) is 31.8. The Morgan fingerprint density at radius 2 is 1.05 bits per heavy atom. The van der Waals surface area contributed by atoms with Crippen molar-refractivity contribution in [2.45, 2.75) is 190 Å². The summed E-state index contributed by atoms with van der Waals surface area (Å²) in [5.41, 5.74) is 40.5. The molecule has 13 amide bonds. The minimum Gasteiger partial charge on any atom is -0.513 e. The van der Waals surface area contributed by atoms with E-state index in [1.54, 1.807) is 74.5 Å². The third-order valence-electron chi connectivity index (χ3n) is 16.5. The first-order chi connectivity index (χ1) is 48.0. The summed E-state index contributed by atoms with van der Waals surface area (Å²) in [6, 6.07) is 3.62. The van der Waals surface area contributed by atoms with E-state index in [4.69, 9.17) is 45.2 Å². The molecule has 10 atom stereocenters. The number of carbonyl (C=O) groups is 13. The van der Waals surface area contributed by atoms with Crippen molar-refractivity contribution in [1.82, 2.24) is 51.9 Å². The van der Waals surface area contributed by atoms with Gasteiger partial charge in [-0.05, 0) is 114 Å². The van der Waals surface area contributed by atoms with Gasteiger partial charge < -0.3 is 97.2 Å². The Hall–Kier alpha value is -9.77. The molecule has 2 aliphatic heterocycles. The highest BCUT2D eigenvalue weighted by atomic mass is 32.2. The number of aliphatic hydroxyl groups is 1. The molecule has 2 aromatic rings. The van der Waals surface area contributed by atoms with E-state index in [-0.39, 0.29) is 88.8 Å². The second-order valence-corrected chi connectivity index (χ2v) is 28.2. The Balaban J connectivity index is 0.00000657. The molecule has 35 heteroatoms. The van der Waals surface area contributed by atoms with Gasteiger partial charge in [0.1, 0.15) is 64.2 Å². The molecule has 0 saturated carbocycles. The fourth-order valence-corrected chi connectivity index (χ4v) is 12.0. The maximum atomic E-state index is 14.8. The number of benzene rings is 2. The standard InChI is InChI=1S/C64H100N18O15S.C3H6O/c1-38(2)34-46(57(89)74-42(54(69)86)28-33-98(4,96)97)73-53(85)37-80(3)62(94)48(36-40-18-9-6-10-19-40)79-58(90)47(35-39-16-7-5-8-17-39)78-56(88)43(24-26-51(67)83)75-55(87)44(25-27-52(68)84)76-59(91)50-23-15-32-82(50)63(95)45(21-11-12-29-65)77-60(92)49-22-14-31-81(49)61(93)41(66)20-13-30-72-64(70)71;1-3(2)4/h5-10,16-19,38,41-50H,11-15,20-37,65-66H2,1-4H3,(H2,67,83)(H2,68,84)(H2,69,86)(H,73,85)(H,74,89)(H,75,87)(H,76,91)(H,77,92)(H,78,88)(H,79,90)(H4,70,71,72);4H,1H2,2H3/t41-,42-,43-,44-,45-,46-,47-,48-,49-,50-;/m0./s1. The lowest BCUT2D eigenvalue weighted by Gasteiger charge is -2.32. The normalized spacial score (nSPS) is 16.4. The van der Waals surface area contributed by atoms with Crippen LogP contribution >= 0.6 is 0 Å². The van der Waals surface area contributed by atoms with Crippen LogP contribution in [0.25, 0.3) is 0 Å². The molecule has 0 bridgehead atoms. The molecule has 0 aromatic heterocycles. The lowest BCUT2D eigenvalue weighted by molar-refractivity contribution is -0.144. The molecular weight excluding hydrogens is 1340 g/mol. The van der Waals surface area contributed by atoms with Gasteiger partial charge in [-0.2, -0.15) is 0 Å². The minimum atomic E-state index is -3.56. The summed E-state index contributed by atoms with van der Waals surface area (Å²) in [6.45, 7) is 8.32. The van der Waals surface area contributed by atoms with Crippen molar-refractivity contribution in [3.8, 4) is 0 Å². The van der Waals surface area contributed by atoms with E-state index in [2.05, 4.69) is 48.8 Å². The first-order valence-corrected chi connectivity index (χ1v) is 36.0. The molecule has 34 nitrogen and oxygen atoms in total. The number of hydrogen-bond acceptors (Lipinski definition) is 19. The number of nitrogens with two attached hydrogens (primary N) is 7. The summed E-state index contributed by atoms with van der Waals surface area (Å²) in [7, 11) is -2.28. The number of nitrogens with zero attached hydrogens (tertiary/aromatic N) is 4. The van der Waals surface area contributed by atoms with E-state index in [0.29, 0.717) is 49.7 Å². The maximum absolute atomic E-state index is 14.8. The zero-order valence-electron chi connectivity index (χ0n) is 58.9. The lowest BCUT2D eigenvalue weighted by atomic mass is 10.0. The second-order valence-electron chi connectivity index (χ2n) is 26.0. The number of aliphatic hydroxyl groups excluding tert-OH is 1. The van der Waals surface area contributed by atoms with E-state index < -0.39 is 185 Å². The van der Waals surface area contributed by atoms with Gasteiger partial charge in [0.05, 0.1) is 24.1 Å². The number of nitrogens with one attached hydrogen (secondary N) is 7. The summed E-state index contributed by atoms with van der Waals surface area (Å²) < 4.78 is 23.7. The van der Waals surface area contributed by atoms with Crippen molar-refractivity contribution < 1.29 is 75.9 Å². The van der Waals surface area contributed by atoms with Gasteiger partial charge in [0.15, 0.2) is 5.96 Å². The van der Waals surface area contributed by atoms with Gasteiger partial charge in [0.2, 0.25) is 76.8 Å². The van der Waals surface area contributed by atoms with Gasteiger partial charge in [-0.1, -0.05) is 81.1 Å². The SMILES string of the molecule is C=C(C)O.CC(C)C[C@H](NC(=O)CN(C)C(=O)[C@H](Cc1ccccc1)NC(=O)[C@H](Cc1ccccc1)NC(=O)[C@H](CCC(N)=O)NC(=O)[C@H](CCC(N)=O)NC(=O)[C@@H]1CCCN1C(=O)[C@H](CCCCN)NC(=O)[C@@H]1CCCN1C(=O)[C@@H](N)CCCN=C(N)N)C(=O)N[C@@H](CCS(C)(=O)=O)C(N)=O. The molecule has 4 rings (SSSR count). The fourth-order valence-electron chi connectivity index (χ4n) is 11.4. The van der Waals surface area contributed by atoms with Crippen LogP contribution in [0.1, 0.15) is 128 Å². The van der Waals surface area contributed by atoms with E-state index in [9.17, 15) is 70.7 Å². The quantitative estimate of drug-likeness (QED) is 0.0132. The largest absolute Gasteiger partial charge is 0.513 e. The topological polar surface area (TPSA) is 565 Å². The van der Waals surface area contributed by atoms with Gasteiger partial charge in [0, 0.05) is 58.6 Å². The molecule has 2 heterocycles. The Morgan fingerprint density at radius 1 is 0.598 bits per heavy atom. The van der Waals surface area contributed by atoms with Crippen LogP contribution in [0.3, 0.4) is 0 Å². The van der Waals surface area contributed by atoms with Crippen LogP contribution in [0, 0.1) is 5.92 Å². The van der Waals surface area contributed by atoms with Gasteiger partial charge >= 0.3 is 0 Å². The van der Waals surface area contributed by atoms with Crippen LogP contribution in [0.5, 0.6) is 0 Å². The summed E-state index contributed by atoms with van der Waals surface area (Å²) in [4.78, 5) is 187. The smallest absolute Gasteiger partial charge is 0.245 e. The van der Waals surface area contributed by atoms with Crippen molar-refractivity contribution >= 4 is 92.6 Å². The molecule has 2 saturated heterocycles. The van der Waals surface area contributed by atoms with Crippen LogP contribution in [0.4, 0.5) is 0 Å². The first kappa shape index (κ1) is 86.5. The highest BCUT2D eigenvalue weighted by Crippen LogP contribution is 2.24. The number of likely N-dealkylation sites (tertiary alicyclic amines) is 2. The van der Waals surface area contributed by atoms with Gasteiger partial charge in [0.25, 0.3) is 0 Å². The Bertz CT molecular complexity index is 3340. The molecule has 0 aliphatic carbocycles. The van der Waals surface area contributed by atoms with Gasteiger partial charge in [-0.25, -0.2) is 8.42 Å². The predicted molar refractivity (Wildman–Crippen MR) is 379 cm³/mol. The van der Waals surface area contributed by atoms with Crippen molar-refractivity contribution in [3.63, 3.8) is 0 Å². The average molecular weight is 1450 g/mol. The van der Waals surface area contributed by atoms with E-state index in [0.717, 1.165) is 11.2 Å². The molecule has 22 N–H and O–H groups in total. The molecule has 0 unspecified atom stereocenters. The molecular formula is C67H106N18O16S. The van der Waals surface area contributed by atoms with Crippen molar-refractivity contribution in [1.29, 1.82) is 0 Å². The van der Waals surface area contributed by atoms with Crippen molar-refractivity contribution in [3.05, 3.63) is 84.1 Å². The van der Waals surface area contributed by atoms with Crippen LogP contribution in [0.2, 0.25) is 0 Å². The van der Waals surface area contributed by atoms with E-state index in [1.165, 1.54) is 23.8 Å². The zero-order valence-corrected chi connectivity index (χ0v) is 59.7. The summed E-state index contributed by atoms with van der Waals surface area (Å²) >= 11 is 0. The number of primary amides is 3. The van der Waals surface area contributed by atoms with Gasteiger partial charge in [-0.3, -0.25) is 67.3 Å². The van der Waals surface area contributed by atoms with Gasteiger partial charge in [-0.15, -0.1) is 0 Å². The minimum absolute atomic E-state index is 0.0509. The number of aliphatic imine (C=N–C) groups is 1. The number of sulfone groups is 1. The number of likely N-dealkylation sites (N-methyl/N-ethyl adjacent to an activating group) is 1. The monoisotopic (exact) mass is 1450 g/mol. The van der Waals surface area contributed by atoms with Crippen molar-refractivity contribution in [2.75, 3.05) is 51.8 Å². The third-order valence-corrected chi connectivity index (χ3v) is 17.5. The van der Waals surface area contributed by atoms with Crippen LogP contribution in [0.15, 0.2) is 78.0 Å². The number of unbranched alkanes of at least 4 members (excludes halogenated alkanes) is 1. The molecule has 2 fully saturated rings. The average Bonchev–Trinajstić information content (AvgIpc) is 1.58. The maximum Gasteiger partial charge on any atom is 0.245 e. The number of hydrogen-bond donors (Lipinski definition) is 15. The molecule has 2 aromatic carbocycles. The second kappa shape index (κ2) is 43.8. The molecule has 0 radical (unpaired) electrons. The molecule has 0 spiro atoms. The number of guanidine groups is 1. The Kier molecular flexibility index (Phi) is 37.1. The summed E-state index contributed by atoms with van der Waals surface area (Å²) in [6.07, 6.45) is 1.32. The van der Waals surface area contributed by atoms with Crippen LogP contribution in [-0.4, -0.2) is 223 Å². The zero-order chi connectivity index (χ0) is 76.4. The molecule has 2 aliphatic rings. The van der Waals surface area contributed by atoms with Crippen LogP contribution in [-0.2, 0) is 85.0 Å². The summed E-state index contributed by atoms with van der Waals surface area (Å²) in [5, 5.41) is 26.2. The number of rotatable bonds is 42. The number of carbonyl (C=O) groups excluding carboxylic acids is 13. The number of amides is 13. The van der Waals surface area contributed by atoms with Crippen molar-refractivity contribution in [2.24, 2.45) is 51.0 Å².